The van der Waals surface area contributed by atoms with Gasteiger partial charge in [-0.1, -0.05) is 30.3 Å². The number of hydrogen-bond donors (Lipinski definition) is 2. The fraction of sp³-hybridized carbons (Fsp3) is 0.533. The Kier molecular flexibility index (Phi) is 5.98. The second kappa shape index (κ2) is 7.99. The van der Waals surface area contributed by atoms with Crippen LogP contribution in [0.1, 0.15) is 18.0 Å². The highest BCUT2D eigenvalue weighted by Gasteiger charge is 2.19. The molecule has 0 radical (unpaired) electrons. The molecule has 1 amide bonds. The molecule has 110 valence electrons. The van der Waals surface area contributed by atoms with Crippen LogP contribution in [0.3, 0.4) is 0 Å². The number of rotatable bonds is 6. The predicted octanol–water partition coefficient (Wildman–Crippen LogP) is 0.525. The Morgan fingerprint density at radius 1 is 1.30 bits per heavy atom. The lowest BCUT2D eigenvalue weighted by molar-refractivity contribution is -0.121. The maximum absolute atomic E-state index is 11.8. The number of carbonyl (C=O) groups is 1. The molecule has 1 heterocycles. The Morgan fingerprint density at radius 2 is 2.00 bits per heavy atom. The number of hydrogen-bond acceptors (Lipinski definition) is 4. The summed E-state index contributed by atoms with van der Waals surface area (Å²) < 4.78 is 5.36. The van der Waals surface area contributed by atoms with Crippen molar-refractivity contribution in [1.29, 1.82) is 0 Å². The molecule has 20 heavy (non-hydrogen) atoms. The molecule has 5 nitrogen and oxygen atoms in total. The molecular formula is C15H23N3O2. The van der Waals surface area contributed by atoms with Crippen molar-refractivity contribution < 1.29 is 9.53 Å². The van der Waals surface area contributed by atoms with Crippen LogP contribution >= 0.6 is 0 Å². The molecule has 1 aromatic carbocycles. The number of amides is 1. The van der Waals surface area contributed by atoms with Crippen molar-refractivity contribution in [1.82, 2.24) is 10.2 Å². The lowest BCUT2D eigenvalue weighted by Crippen LogP contribution is -2.43. The second-order valence-corrected chi connectivity index (χ2v) is 4.98. The highest BCUT2D eigenvalue weighted by molar-refractivity contribution is 5.76. The lowest BCUT2D eigenvalue weighted by atomic mass is 10.1. The Hall–Kier alpha value is -1.43. The van der Waals surface area contributed by atoms with Crippen molar-refractivity contribution >= 4 is 5.91 Å². The van der Waals surface area contributed by atoms with Gasteiger partial charge in [-0.15, -0.1) is 0 Å². The molecule has 1 fully saturated rings. The molecular weight excluding hydrogens is 254 g/mol. The fourth-order valence-corrected chi connectivity index (χ4v) is 2.36. The molecule has 1 aromatic rings. The zero-order valence-corrected chi connectivity index (χ0v) is 11.8. The third-order valence-corrected chi connectivity index (χ3v) is 3.45. The quantitative estimate of drug-likeness (QED) is 0.796. The van der Waals surface area contributed by atoms with E-state index < -0.39 is 0 Å². The van der Waals surface area contributed by atoms with Crippen LogP contribution in [0.2, 0.25) is 0 Å². The molecule has 1 saturated heterocycles. The first kappa shape index (κ1) is 15.0. The van der Waals surface area contributed by atoms with E-state index in [1.807, 2.05) is 30.3 Å². The van der Waals surface area contributed by atoms with Crippen LogP contribution in [-0.4, -0.2) is 50.2 Å². The SMILES string of the molecule is NCCC(=O)NC(CN1CCOCC1)c1ccccc1. The zero-order valence-electron chi connectivity index (χ0n) is 11.8. The molecule has 1 aliphatic rings. The van der Waals surface area contributed by atoms with E-state index in [0.717, 1.165) is 38.4 Å². The zero-order chi connectivity index (χ0) is 14.2. The maximum Gasteiger partial charge on any atom is 0.221 e. The number of nitrogens with zero attached hydrogens (tertiary/aromatic N) is 1. The minimum atomic E-state index is 0.00773. The summed E-state index contributed by atoms with van der Waals surface area (Å²) in [6.07, 6.45) is 0.368. The second-order valence-electron chi connectivity index (χ2n) is 4.98. The lowest BCUT2D eigenvalue weighted by Gasteiger charge is -2.31. The first-order chi connectivity index (χ1) is 9.79. The van der Waals surface area contributed by atoms with Crippen molar-refractivity contribution in [2.45, 2.75) is 12.5 Å². The standard InChI is InChI=1S/C15H23N3O2/c16-7-6-15(19)17-14(13-4-2-1-3-5-13)12-18-8-10-20-11-9-18/h1-5,14H,6-12,16H2,(H,17,19). The van der Waals surface area contributed by atoms with Gasteiger partial charge in [-0.2, -0.15) is 0 Å². The average Bonchev–Trinajstić information content (AvgIpc) is 2.49. The van der Waals surface area contributed by atoms with Crippen LogP contribution in [0.25, 0.3) is 0 Å². The number of ether oxygens (including phenoxy) is 1. The van der Waals surface area contributed by atoms with E-state index in [1.165, 1.54) is 0 Å². The summed E-state index contributed by atoms with van der Waals surface area (Å²) in [6.45, 7) is 4.54. The van der Waals surface area contributed by atoms with Crippen molar-refractivity contribution in [2.75, 3.05) is 39.4 Å². The third-order valence-electron chi connectivity index (χ3n) is 3.45. The van der Waals surface area contributed by atoms with Crippen molar-refractivity contribution in [3.8, 4) is 0 Å². The Morgan fingerprint density at radius 3 is 2.65 bits per heavy atom. The van der Waals surface area contributed by atoms with Crippen molar-refractivity contribution in [3.63, 3.8) is 0 Å². The highest BCUT2D eigenvalue weighted by atomic mass is 16.5. The van der Waals surface area contributed by atoms with Crippen LogP contribution < -0.4 is 11.1 Å². The topological polar surface area (TPSA) is 67.6 Å². The highest BCUT2D eigenvalue weighted by Crippen LogP contribution is 2.15. The Bertz CT molecular complexity index is 405. The van der Waals surface area contributed by atoms with Gasteiger partial charge in [0, 0.05) is 32.6 Å². The molecule has 0 bridgehead atoms. The van der Waals surface area contributed by atoms with Crippen LogP contribution in [-0.2, 0) is 9.53 Å². The van der Waals surface area contributed by atoms with Gasteiger partial charge in [-0.3, -0.25) is 9.69 Å². The Balaban J connectivity index is 2.01. The number of nitrogens with one attached hydrogen (secondary N) is 1. The van der Waals surface area contributed by atoms with Gasteiger partial charge in [0.15, 0.2) is 0 Å². The molecule has 0 aliphatic carbocycles. The number of morpholine rings is 1. The van der Waals surface area contributed by atoms with Crippen molar-refractivity contribution in [3.05, 3.63) is 35.9 Å². The summed E-state index contributed by atoms with van der Waals surface area (Å²) in [5.74, 6) is 0.00890. The molecule has 1 aliphatic heterocycles. The van der Waals surface area contributed by atoms with E-state index in [4.69, 9.17) is 10.5 Å². The average molecular weight is 277 g/mol. The minimum absolute atomic E-state index is 0.00773. The molecule has 1 atom stereocenters. The van der Waals surface area contributed by atoms with Gasteiger partial charge in [-0.05, 0) is 5.56 Å². The van der Waals surface area contributed by atoms with Crippen LogP contribution in [0.5, 0.6) is 0 Å². The van der Waals surface area contributed by atoms with E-state index in [9.17, 15) is 4.79 Å². The molecule has 3 N–H and O–H groups in total. The third kappa shape index (κ3) is 4.59. The van der Waals surface area contributed by atoms with Gasteiger partial charge in [0.25, 0.3) is 0 Å². The molecule has 0 saturated carbocycles. The van der Waals surface area contributed by atoms with Gasteiger partial charge >= 0.3 is 0 Å². The molecule has 2 rings (SSSR count). The maximum atomic E-state index is 11.8. The van der Waals surface area contributed by atoms with Gasteiger partial charge < -0.3 is 15.8 Å². The van der Waals surface area contributed by atoms with Crippen LogP contribution in [0.15, 0.2) is 30.3 Å². The molecule has 1 unspecified atom stereocenters. The molecule has 0 spiro atoms. The summed E-state index contributed by atoms with van der Waals surface area (Å²) >= 11 is 0. The number of nitrogens with two attached hydrogens (primary N) is 1. The van der Waals surface area contributed by atoms with Gasteiger partial charge in [0.05, 0.1) is 19.3 Å². The van der Waals surface area contributed by atoms with Crippen LogP contribution in [0.4, 0.5) is 0 Å². The summed E-state index contributed by atoms with van der Waals surface area (Å²) in [7, 11) is 0. The predicted molar refractivity (Wildman–Crippen MR) is 78.3 cm³/mol. The largest absolute Gasteiger partial charge is 0.379 e. The van der Waals surface area contributed by atoms with Crippen LogP contribution in [0, 0.1) is 0 Å². The molecule has 0 aromatic heterocycles. The first-order valence-electron chi connectivity index (χ1n) is 7.14. The minimum Gasteiger partial charge on any atom is -0.379 e. The Labute approximate surface area is 120 Å². The van der Waals surface area contributed by atoms with E-state index in [0.29, 0.717) is 13.0 Å². The van der Waals surface area contributed by atoms with E-state index in [-0.39, 0.29) is 11.9 Å². The van der Waals surface area contributed by atoms with Gasteiger partial charge in [-0.25, -0.2) is 0 Å². The smallest absolute Gasteiger partial charge is 0.221 e. The number of benzene rings is 1. The van der Waals surface area contributed by atoms with E-state index in [2.05, 4.69) is 10.2 Å². The molecule has 5 heteroatoms. The van der Waals surface area contributed by atoms with E-state index in [1.54, 1.807) is 0 Å². The summed E-state index contributed by atoms with van der Waals surface area (Å²) in [6, 6.07) is 10.1. The van der Waals surface area contributed by atoms with Gasteiger partial charge in [0.1, 0.15) is 0 Å². The first-order valence-corrected chi connectivity index (χ1v) is 7.14. The monoisotopic (exact) mass is 277 g/mol. The summed E-state index contributed by atoms with van der Waals surface area (Å²) in [5, 5.41) is 3.08. The van der Waals surface area contributed by atoms with Crippen molar-refractivity contribution in [2.24, 2.45) is 5.73 Å². The summed E-state index contributed by atoms with van der Waals surface area (Å²) in [5.41, 5.74) is 6.57. The normalized spacial score (nSPS) is 17.6. The summed E-state index contributed by atoms with van der Waals surface area (Å²) in [4.78, 5) is 14.2. The van der Waals surface area contributed by atoms with Gasteiger partial charge in [0.2, 0.25) is 5.91 Å². The van der Waals surface area contributed by atoms with E-state index >= 15 is 0 Å². The fourth-order valence-electron chi connectivity index (χ4n) is 2.36. The number of carbonyl (C=O) groups excluding carboxylic acids is 1.